The van der Waals surface area contributed by atoms with Crippen LogP contribution in [0, 0.1) is 0 Å². The fraction of sp³-hybridized carbons (Fsp3) is 0.462. The first-order valence-electron chi connectivity index (χ1n) is 5.53. The van der Waals surface area contributed by atoms with Crippen molar-refractivity contribution in [2.24, 2.45) is 5.73 Å². The van der Waals surface area contributed by atoms with Crippen molar-refractivity contribution in [3.63, 3.8) is 0 Å². The number of benzene rings is 1. The van der Waals surface area contributed by atoms with E-state index in [1.807, 2.05) is 6.07 Å². The second-order valence-corrected chi connectivity index (χ2v) is 4.84. The molecule has 4 heteroatoms. The van der Waals surface area contributed by atoms with Gasteiger partial charge in [-0.3, -0.25) is 4.79 Å². The highest BCUT2D eigenvalue weighted by atomic mass is 19.1. The number of nitrogens with two attached hydrogens (primary N) is 1. The van der Waals surface area contributed by atoms with Crippen molar-refractivity contribution in [2.75, 3.05) is 0 Å². The molecule has 0 saturated heterocycles. The summed E-state index contributed by atoms with van der Waals surface area (Å²) in [6, 6.07) is 6.59. The molecule has 0 aliphatic heterocycles. The van der Waals surface area contributed by atoms with E-state index in [1.165, 1.54) is 13.8 Å². The van der Waals surface area contributed by atoms with E-state index < -0.39 is 17.7 Å². The van der Waals surface area contributed by atoms with Crippen molar-refractivity contribution in [3.8, 4) is 0 Å². The quantitative estimate of drug-likeness (QED) is 0.829. The standard InChI is InChI=1S/C13H18FNO2/c1-13(2,14)8-9-4-3-5-10(6-9)11(15)7-12(16)17/h3-6,11H,7-8,15H2,1-2H3,(H,16,17). The van der Waals surface area contributed by atoms with Crippen molar-refractivity contribution >= 4 is 5.97 Å². The summed E-state index contributed by atoms with van der Waals surface area (Å²) in [4.78, 5) is 10.6. The molecular formula is C13H18FNO2. The zero-order valence-corrected chi connectivity index (χ0v) is 10.1. The molecule has 0 radical (unpaired) electrons. The van der Waals surface area contributed by atoms with E-state index in [1.54, 1.807) is 18.2 Å². The van der Waals surface area contributed by atoms with Gasteiger partial charge in [0, 0.05) is 12.5 Å². The second-order valence-electron chi connectivity index (χ2n) is 4.84. The highest BCUT2D eigenvalue weighted by molar-refractivity contribution is 5.67. The zero-order valence-electron chi connectivity index (χ0n) is 10.1. The topological polar surface area (TPSA) is 63.3 Å². The molecule has 1 aromatic rings. The van der Waals surface area contributed by atoms with Gasteiger partial charge in [0.1, 0.15) is 5.67 Å². The number of carbonyl (C=O) groups is 1. The number of carboxylic acid groups (broad SMARTS) is 1. The zero-order chi connectivity index (χ0) is 13.1. The highest BCUT2D eigenvalue weighted by Gasteiger charge is 2.17. The van der Waals surface area contributed by atoms with E-state index in [0.717, 1.165) is 11.1 Å². The number of halogens is 1. The van der Waals surface area contributed by atoms with Gasteiger partial charge in [-0.15, -0.1) is 0 Å². The summed E-state index contributed by atoms with van der Waals surface area (Å²) < 4.78 is 13.5. The summed E-state index contributed by atoms with van der Waals surface area (Å²) in [5.41, 5.74) is 6.03. The van der Waals surface area contributed by atoms with Crippen molar-refractivity contribution in [1.29, 1.82) is 0 Å². The van der Waals surface area contributed by atoms with E-state index in [-0.39, 0.29) is 6.42 Å². The van der Waals surface area contributed by atoms with Gasteiger partial charge >= 0.3 is 5.97 Å². The fourth-order valence-corrected chi connectivity index (χ4v) is 1.73. The van der Waals surface area contributed by atoms with Crippen LogP contribution in [0.2, 0.25) is 0 Å². The predicted octanol–water partition coefficient (Wildman–Crippen LogP) is 2.45. The molecule has 0 spiro atoms. The molecule has 3 N–H and O–H groups in total. The molecule has 1 rings (SSSR count). The Hall–Kier alpha value is -1.42. The third-order valence-electron chi connectivity index (χ3n) is 2.40. The van der Waals surface area contributed by atoms with Crippen molar-refractivity contribution in [2.45, 2.75) is 38.4 Å². The maximum atomic E-state index is 13.5. The fourth-order valence-electron chi connectivity index (χ4n) is 1.73. The van der Waals surface area contributed by atoms with Gasteiger partial charge in [-0.1, -0.05) is 24.3 Å². The van der Waals surface area contributed by atoms with E-state index in [4.69, 9.17) is 10.8 Å². The first-order valence-corrected chi connectivity index (χ1v) is 5.53. The van der Waals surface area contributed by atoms with E-state index in [9.17, 15) is 9.18 Å². The molecule has 0 saturated carbocycles. The van der Waals surface area contributed by atoms with E-state index in [0.29, 0.717) is 6.42 Å². The first kappa shape index (κ1) is 13.6. The number of hydrogen-bond donors (Lipinski definition) is 2. The Bertz CT molecular complexity index is 399. The molecule has 17 heavy (non-hydrogen) atoms. The maximum Gasteiger partial charge on any atom is 0.305 e. The Morgan fingerprint density at radius 1 is 1.53 bits per heavy atom. The molecule has 0 heterocycles. The molecule has 0 aliphatic carbocycles. The minimum atomic E-state index is -1.28. The SMILES string of the molecule is CC(C)(F)Cc1cccc(C(N)CC(=O)O)c1. The third kappa shape index (κ3) is 4.95. The predicted molar refractivity (Wildman–Crippen MR) is 64.5 cm³/mol. The molecule has 0 aliphatic rings. The summed E-state index contributed by atoms with van der Waals surface area (Å²) in [6.45, 7) is 3.02. The lowest BCUT2D eigenvalue weighted by molar-refractivity contribution is -0.137. The Labute approximate surface area is 100 Å². The number of hydrogen-bond acceptors (Lipinski definition) is 2. The lowest BCUT2D eigenvalue weighted by atomic mass is 9.96. The van der Waals surface area contributed by atoms with E-state index >= 15 is 0 Å². The number of alkyl halides is 1. The number of aliphatic carboxylic acids is 1. The van der Waals surface area contributed by atoms with Gasteiger partial charge in [0.2, 0.25) is 0 Å². The second kappa shape index (κ2) is 5.27. The smallest absolute Gasteiger partial charge is 0.305 e. The Morgan fingerprint density at radius 3 is 2.71 bits per heavy atom. The molecule has 1 unspecified atom stereocenters. The van der Waals surface area contributed by atoms with Gasteiger partial charge < -0.3 is 10.8 Å². The summed E-state index contributed by atoms with van der Waals surface area (Å²) >= 11 is 0. The number of carboxylic acids is 1. The van der Waals surface area contributed by atoms with Gasteiger partial charge in [0.05, 0.1) is 6.42 Å². The molecule has 0 amide bonds. The Balaban J connectivity index is 2.82. The van der Waals surface area contributed by atoms with Crippen LogP contribution < -0.4 is 5.73 Å². The van der Waals surface area contributed by atoms with Crippen LogP contribution in [0.25, 0.3) is 0 Å². The molecule has 94 valence electrons. The van der Waals surface area contributed by atoms with Gasteiger partial charge in [-0.2, -0.15) is 0 Å². The van der Waals surface area contributed by atoms with Crippen LogP contribution in [0.4, 0.5) is 4.39 Å². The minimum Gasteiger partial charge on any atom is -0.481 e. The summed E-state index contributed by atoms with van der Waals surface area (Å²) in [5.74, 6) is -0.936. The van der Waals surface area contributed by atoms with Gasteiger partial charge in [0.25, 0.3) is 0 Å². The molecule has 0 bridgehead atoms. The van der Waals surface area contributed by atoms with Gasteiger partial charge in [-0.05, 0) is 25.0 Å². The Morgan fingerprint density at radius 2 is 2.18 bits per heavy atom. The highest BCUT2D eigenvalue weighted by Crippen LogP contribution is 2.20. The summed E-state index contributed by atoms with van der Waals surface area (Å²) in [7, 11) is 0. The number of rotatable bonds is 5. The van der Waals surface area contributed by atoms with Crippen LogP contribution in [-0.4, -0.2) is 16.7 Å². The minimum absolute atomic E-state index is 0.123. The van der Waals surface area contributed by atoms with Crippen molar-refractivity contribution < 1.29 is 14.3 Å². The average Bonchev–Trinajstić information content (AvgIpc) is 2.14. The van der Waals surface area contributed by atoms with Crippen LogP contribution in [0.3, 0.4) is 0 Å². The van der Waals surface area contributed by atoms with Crippen LogP contribution in [0.1, 0.15) is 37.4 Å². The van der Waals surface area contributed by atoms with Crippen LogP contribution in [0.15, 0.2) is 24.3 Å². The molecule has 1 atom stereocenters. The van der Waals surface area contributed by atoms with Gasteiger partial charge in [0.15, 0.2) is 0 Å². The summed E-state index contributed by atoms with van der Waals surface area (Å²) in [6.07, 6.45) is 0.170. The third-order valence-corrected chi connectivity index (χ3v) is 2.40. The summed E-state index contributed by atoms with van der Waals surface area (Å²) in [5, 5.41) is 8.66. The molecule has 0 fully saturated rings. The average molecular weight is 239 g/mol. The molecule has 1 aromatic carbocycles. The lowest BCUT2D eigenvalue weighted by Gasteiger charge is -2.16. The Kier molecular flexibility index (Phi) is 4.23. The molecule has 0 aromatic heterocycles. The van der Waals surface area contributed by atoms with Crippen LogP contribution >= 0.6 is 0 Å². The van der Waals surface area contributed by atoms with Crippen molar-refractivity contribution in [3.05, 3.63) is 35.4 Å². The first-order chi connectivity index (χ1) is 7.78. The molecule has 3 nitrogen and oxygen atoms in total. The maximum absolute atomic E-state index is 13.5. The van der Waals surface area contributed by atoms with Crippen molar-refractivity contribution in [1.82, 2.24) is 0 Å². The largest absolute Gasteiger partial charge is 0.481 e. The van der Waals surface area contributed by atoms with Crippen LogP contribution in [0.5, 0.6) is 0 Å². The lowest BCUT2D eigenvalue weighted by Crippen LogP contribution is -2.17. The molecular weight excluding hydrogens is 221 g/mol. The normalized spacial score (nSPS) is 13.4. The van der Waals surface area contributed by atoms with E-state index in [2.05, 4.69) is 0 Å². The van der Waals surface area contributed by atoms with Crippen LogP contribution in [-0.2, 0) is 11.2 Å². The van der Waals surface area contributed by atoms with Gasteiger partial charge in [-0.25, -0.2) is 4.39 Å². The monoisotopic (exact) mass is 239 g/mol.